The summed E-state index contributed by atoms with van der Waals surface area (Å²) in [5, 5.41) is 31.5. The highest BCUT2D eigenvalue weighted by atomic mass is 16.3. The van der Waals surface area contributed by atoms with Crippen molar-refractivity contribution in [3.8, 4) is 0 Å². The van der Waals surface area contributed by atoms with E-state index in [0.29, 0.717) is 5.57 Å². The molecular weight excluding hydrogens is 520 g/mol. The molecule has 6 nitrogen and oxygen atoms in total. The van der Waals surface area contributed by atoms with Gasteiger partial charge in [-0.3, -0.25) is 4.79 Å². The highest BCUT2D eigenvalue weighted by molar-refractivity contribution is 6.29. The number of anilines is 3. The van der Waals surface area contributed by atoms with Crippen LogP contribution in [0.25, 0.3) is 27.1 Å². The van der Waals surface area contributed by atoms with Gasteiger partial charge in [-0.25, -0.2) is 4.99 Å². The van der Waals surface area contributed by atoms with E-state index in [4.69, 9.17) is 0 Å². The van der Waals surface area contributed by atoms with Gasteiger partial charge in [0.1, 0.15) is 5.66 Å². The fourth-order valence-electron chi connectivity index (χ4n) is 8.77. The molecule has 0 radical (unpaired) electrons. The van der Waals surface area contributed by atoms with Crippen LogP contribution in [0.2, 0.25) is 0 Å². The van der Waals surface area contributed by atoms with Crippen LogP contribution in [0.3, 0.4) is 0 Å². The van der Waals surface area contributed by atoms with Crippen molar-refractivity contribution in [3.05, 3.63) is 76.8 Å². The third-order valence-electron chi connectivity index (χ3n) is 10.8. The molecule has 4 aromatic carbocycles. The first-order chi connectivity index (χ1) is 20.5. The zero-order valence-electron chi connectivity index (χ0n) is 23.8. The minimum Gasteiger partial charge on any atom is -0.848 e. The van der Waals surface area contributed by atoms with Crippen LogP contribution in [0.15, 0.2) is 60.7 Å². The maximum Gasteiger partial charge on any atom is 0.234 e. The molecule has 3 aliphatic carbocycles. The average Bonchev–Trinajstić information content (AvgIpc) is 3.00. The van der Waals surface area contributed by atoms with Crippen LogP contribution in [-0.4, -0.2) is 23.2 Å². The predicted molar refractivity (Wildman–Crippen MR) is 165 cm³/mol. The Hall–Kier alpha value is -3.90. The fraction of sp³-hybridized carbons (Fsp3) is 0.389. The minimum atomic E-state index is -1.10. The van der Waals surface area contributed by atoms with Gasteiger partial charge in [-0.2, -0.15) is 0 Å². The number of benzene rings is 4. The SMILES string of the molecule is O=C1C(=c2ccc3c4c(cccc24)NC2(CCCCC2)[NH+]=3)C([O-])C1c1ccc2c3c(cccc13)NC1(CCCCC1)N2. The van der Waals surface area contributed by atoms with Crippen molar-refractivity contribution in [2.24, 2.45) is 0 Å². The third kappa shape index (κ3) is 3.42. The molecule has 2 aliphatic heterocycles. The second-order valence-corrected chi connectivity index (χ2v) is 13.3. The van der Waals surface area contributed by atoms with E-state index in [1.165, 1.54) is 38.5 Å². The number of carbonyl (C=O) groups excluding carboxylic acids is 1. The molecule has 2 spiro atoms. The van der Waals surface area contributed by atoms with Crippen molar-refractivity contribution in [3.63, 3.8) is 0 Å². The molecule has 5 aliphatic rings. The van der Waals surface area contributed by atoms with Crippen molar-refractivity contribution < 1.29 is 14.9 Å². The predicted octanol–water partition coefficient (Wildman–Crippen LogP) is 3.52. The molecule has 2 atom stereocenters. The van der Waals surface area contributed by atoms with Crippen LogP contribution in [0.5, 0.6) is 0 Å². The number of ketones is 1. The lowest BCUT2D eigenvalue weighted by atomic mass is 9.69. The lowest BCUT2D eigenvalue weighted by molar-refractivity contribution is -0.587. The second kappa shape index (κ2) is 8.81. The van der Waals surface area contributed by atoms with Crippen LogP contribution in [0.4, 0.5) is 17.1 Å². The van der Waals surface area contributed by atoms with Gasteiger partial charge in [0.2, 0.25) is 11.0 Å². The summed E-state index contributed by atoms with van der Waals surface area (Å²) >= 11 is 0. The molecule has 2 unspecified atom stereocenters. The molecule has 3 fully saturated rings. The summed E-state index contributed by atoms with van der Waals surface area (Å²) in [6.07, 6.45) is 10.6. The Morgan fingerprint density at radius 1 is 0.690 bits per heavy atom. The molecule has 42 heavy (non-hydrogen) atoms. The Morgan fingerprint density at radius 2 is 1.36 bits per heavy atom. The van der Waals surface area contributed by atoms with Crippen LogP contribution in [-0.2, 0) is 4.79 Å². The fourth-order valence-corrected chi connectivity index (χ4v) is 8.77. The van der Waals surface area contributed by atoms with Gasteiger partial charge in [0.15, 0.2) is 5.78 Å². The Morgan fingerprint density at radius 3 is 2.10 bits per heavy atom. The molecule has 9 rings (SSSR count). The van der Waals surface area contributed by atoms with Crippen molar-refractivity contribution >= 4 is 50.0 Å². The first-order valence-electron chi connectivity index (χ1n) is 15.9. The van der Waals surface area contributed by atoms with E-state index in [1.54, 1.807) is 0 Å². The third-order valence-corrected chi connectivity index (χ3v) is 10.8. The van der Waals surface area contributed by atoms with Crippen LogP contribution < -0.4 is 36.6 Å². The number of nitrogens with one attached hydrogen (secondary N) is 4. The highest BCUT2D eigenvalue weighted by Crippen LogP contribution is 2.47. The van der Waals surface area contributed by atoms with Crippen LogP contribution in [0, 0.1) is 0 Å². The maximum atomic E-state index is 14.0. The summed E-state index contributed by atoms with van der Waals surface area (Å²) < 4.78 is 0. The molecule has 3 saturated carbocycles. The van der Waals surface area contributed by atoms with Gasteiger partial charge in [0.25, 0.3) is 0 Å². The quantitative estimate of drug-likeness (QED) is 0.288. The highest BCUT2D eigenvalue weighted by Gasteiger charge is 2.43. The van der Waals surface area contributed by atoms with Crippen molar-refractivity contribution in [2.75, 3.05) is 16.0 Å². The summed E-state index contributed by atoms with van der Waals surface area (Å²) in [5.74, 6) is -0.722. The van der Waals surface area contributed by atoms with Gasteiger partial charge in [0.05, 0.1) is 11.1 Å². The summed E-state index contributed by atoms with van der Waals surface area (Å²) in [6.45, 7) is 0. The van der Waals surface area contributed by atoms with E-state index >= 15 is 0 Å². The lowest BCUT2D eigenvalue weighted by Gasteiger charge is -2.46. The van der Waals surface area contributed by atoms with Crippen LogP contribution in [0.1, 0.15) is 75.7 Å². The Kier molecular flexibility index (Phi) is 5.17. The molecule has 4 aromatic rings. The van der Waals surface area contributed by atoms with Gasteiger partial charge in [-0.1, -0.05) is 49.3 Å². The maximum absolute atomic E-state index is 14.0. The zero-order valence-corrected chi connectivity index (χ0v) is 23.8. The van der Waals surface area contributed by atoms with E-state index in [9.17, 15) is 9.90 Å². The number of hydrogen-bond acceptors (Lipinski definition) is 5. The van der Waals surface area contributed by atoms with E-state index in [0.717, 1.165) is 80.4 Å². The molecule has 0 aromatic heterocycles. The topological polar surface area (TPSA) is 90.2 Å². The molecule has 4 N–H and O–H groups in total. The summed E-state index contributed by atoms with van der Waals surface area (Å²) in [7, 11) is 0. The summed E-state index contributed by atoms with van der Waals surface area (Å²) in [5.41, 5.74) is 4.34. The first kappa shape index (κ1) is 24.7. The zero-order chi connectivity index (χ0) is 28.1. The number of Topliss-reactive ketones (excluding diaryl/α,β-unsaturated/α-hetero) is 1. The van der Waals surface area contributed by atoms with Gasteiger partial charge in [-0.05, 0) is 89.9 Å². The van der Waals surface area contributed by atoms with E-state index in [1.807, 2.05) is 18.2 Å². The van der Waals surface area contributed by atoms with Gasteiger partial charge >= 0.3 is 0 Å². The Bertz CT molecular complexity index is 1920. The van der Waals surface area contributed by atoms with Crippen LogP contribution >= 0.6 is 0 Å². The summed E-state index contributed by atoms with van der Waals surface area (Å²) in [4.78, 5) is 17.8. The number of carbonyl (C=O) groups is 1. The smallest absolute Gasteiger partial charge is 0.234 e. The lowest BCUT2D eigenvalue weighted by Crippen LogP contribution is -2.94. The monoisotopic (exact) mass is 556 g/mol. The minimum absolute atomic E-state index is 0.0441. The van der Waals surface area contributed by atoms with E-state index < -0.39 is 12.0 Å². The van der Waals surface area contributed by atoms with Gasteiger partial charge < -0.3 is 21.1 Å². The molecule has 2 heterocycles. The molecule has 212 valence electrons. The molecule has 0 bridgehead atoms. The standard InChI is InChI=1S/C36H35N4O2/c41-33-31(23-13-15-27-29-21(23)9-7-11-25(29)37-35(39-27)17-3-1-4-18-35)34(42)32(33)24-14-16-28-30-22(24)10-8-12-26(30)38-36(40-28)19-5-2-6-20-36/h7-16,31,33,37-39H,1-6,17-20H2/q-1/p+1. The van der Waals surface area contributed by atoms with E-state index in [-0.39, 0.29) is 17.1 Å². The number of hydrogen-bond donors (Lipinski definition) is 4. The molecular formula is C36H36N4O2. The largest absolute Gasteiger partial charge is 0.848 e. The normalized spacial score (nSPS) is 26.3. The van der Waals surface area contributed by atoms with Crippen molar-refractivity contribution in [1.29, 1.82) is 0 Å². The summed E-state index contributed by atoms with van der Waals surface area (Å²) in [6, 6.07) is 20.7. The first-order valence-corrected chi connectivity index (χ1v) is 15.9. The van der Waals surface area contributed by atoms with Gasteiger partial charge in [0, 0.05) is 41.6 Å². The second-order valence-electron chi connectivity index (χ2n) is 13.3. The van der Waals surface area contributed by atoms with Gasteiger partial charge in [-0.15, -0.1) is 0 Å². The van der Waals surface area contributed by atoms with Crippen molar-refractivity contribution in [2.45, 2.75) is 87.6 Å². The van der Waals surface area contributed by atoms with Crippen molar-refractivity contribution in [1.82, 2.24) is 0 Å². The molecule has 0 amide bonds. The number of rotatable bonds is 1. The van der Waals surface area contributed by atoms with E-state index in [2.05, 4.69) is 63.4 Å². The average molecular weight is 557 g/mol. The Labute approximate surface area is 244 Å². The molecule has 6 heteroatoms. The Balaban J connectivity index is 1.14. The molecule has 0 saturated heterocycles.